The summed E-state index contributed by atoms with van der Waals surface area (Å²) in [7, 11) is -2.31. The molecule has 0 unspecified atom stereocenters. The van der Waals surface area contributed by atoms with Crippen molar-refractivity contribution in [1.82, 2.24) is 14.6 Å². The average Bonchev–Trinajstić information content (AvgIpc) is 3.21. The van der Waals surface area contributed by atoms with Crippen molar-refractivity contribution in [2.45, 2.75) is 30.8 Å². The Bertz CT molecular complexity index is 1180. The molecule has 1 aromatic heterocycles. The van der Waals surface area contributed by atoms with Crippen LogP contribution in [0, 0.1) is 5.82 Å². The van der Waals surface area contributed by atoms with Gasteiger partial charge >= 0.3 is 0 Å². The SMILES string of the molecule is CC.CCOCN(N)/C(=C(\N)c1ccc(F)cc1)c1cnc(S(=O)(=O)c2ccccc2)n1C. The zero-order chi connectivity index (χ0) is 24.6. The van der Waals surface area contributed by atoms with Gasteiger partial charge in [-0.05, 0) is 48.9 Å². The third-order valence-corrected chi connectivity index (χ3v) is 6.37. The molecule has 0 spiro atoms. The van der Waals surface area contributed by atoms with Gasteiger partial charge in [0, 0.05) is 13.7 Å². The van der Waals surface area contributed by atoms with Crippen molar-refractivity contribution in [2.24, 2.45) is 18.6 Å². The number of hydrogen-bond donors (Lipinski definition) is 2. The largest absolute Gasteiger partial charge is 0.396 e. The minimum Gasteiger partial charge on any atom is -0.396 e. The quantitative estimate of drug-likeness (QED) is 0.291. The van der Waals surface area contributed by atoms with Crippen molar-refractivity contribution < 1.29 is 17.5 Å². The van der Waals surface area contributed by atoms with E-state index in [4.69, 9.17) is 16.3 Å². The third-order valence-electron chi connectivity index (χ3n) is 4.61. The van der Waals surface area contributed by atoms with Gasteiger partial charge in [0.15, 0.2) is 0 Å². The van der Waals surface area contributed by atoms with E-state index in [1.165, 1.54) is 52.2 Å². The van der Waals surface area contributed by atoms with Gasteiger partial charge in [-0.25, -0.2) is 23.6 Å². The molecule has 2 aromatic carbocycles. The van der Waals surface area contributed by atoms with Crippen LogP contribution in [-0.2, 0) is 21.6 Å². The highest BCUT2D eigenvalue weighted by atomic mass is 32.2. The highest BCUT2D eigenvalue weighted by molar-refractivity contribution is 7.91. The summed E-state index contributed by atoms with van der Waals surface area (Å²) in [5.74, 6) is 5.80. The van der Waals surface area contributed by atoms with Gasteiger partial charge < -0.3 is 15.0 Å². The maximum absolute atomic E-state index is 13.4. The average molecular weight is 476 g/mol. The summed E-state index contributed by atoms with van der Waals surface area (Å²) in [6.45, 7) is 6.23. The van der Waals surface area contributed by atoms with Gasteiger partial charge in [0.05, 0.1) is 22.5 Å². The summed E-state index contributed by atoms with van der Waals surface area (Å²) in [6, 6.07) is 13.6. The topological polar surface area (TPSA) is 116 Å². The molecule has 0 atom stereocenters. The Kier molecular flexibility index (Phi) is 9.15. The van der Waals surface area contributed by atoms with Crippen molar-refractivity contribution in [3.63, 3.8) is 0 Å². The zero-order valence-corrected chi connectivity index (χ0v) is 20.0. The fourth-order valence-corrected chi connectivity index (χ4v) is 4.40. The maximum atomic E-state index is 13.4. The van der Waals surface area contributed by atoms with E-state index in [9.17, 15) is 12.8 Å². The molecule has 0 aliphatic heterocycles. The number of sulfone groups is 1. The highest BCUT2D eigenvalue weighted by Gasteiger charge is 2.27. The molecule has 0 saturated heterocycles. The van der Waals surface area contributed by atoms with Crippen LogP contribution in [0.4, 0.5) is 4.39 Å². The zero-order valence-electron chi connectivity index (χ0n) is 19.2. The first-order valence-electron chi connectivity index (χ1n) is 10.4. The van der Waals surface area contributed by atoms with Crippen molar-refractivity contribution in [3.8, 4) is 0 Å². The molecule has 10 heteroatoms. The summed E-state index contributed by atoms with van der Waals surface area (Å²) in [5.41, 5.74) is 7.77. The van der Waals surface area contributed by atoms with E-state index in [-0.39, 0.29) is 22.5 Å². The van der Waals surface area contributed by atoms with E-state index >= 15 is 0 Å². The van der Waals surface area contributed by atoms with E-state index in [2.05, 4.69) is 4.98 Å². The number of hydrazine groups is 1. The van der Waals surface area contributed by atoms with Gasteiger partial charge in [0.2, 0.25) is 15.0 Å². The molecule has 0 radical (unpaired) electrons. The lowest BCUT2D eigenvalue weighted by Crippen LogP contribution is -2.34. The number of benzene rings is 2. The van der Waals surface area contributed by atoms with Crippen molar-refractivity contribution in [2.75, 3.05) is 13.3 Å². The molecule has 0 saturated carbocycles. The monoisotopic (exact) mass is 475 g/mol. The van der Waals surface area contributed by atoms with Gasteiger partial charge in [0.25, 0.3) is 0 Å². The molecule has 8 nitrogen and oxygen atoms in total. The Balaban J connectivity index is 0.00000187. The molecule has 3 rings (SSSR count). The summed E-state index contributed by atoms with van der Waals surface area (Å²) >= 11 is 0. The first-order valence-corrected chi connectivity index (χ1v) is 11.9. The Morgan fingerprint density at radius 1 is 1.12 bits per heavy atom. The van der Waals surface area contributed by atoms with Gasteiger partial charge in [-0.1, -0.05) is 32.0 Å². The number of halogens is 1. The fraction of sp³-hybridized carbons (Fsp3) is 0.261. The number of nitrogens with two attached hydrogens (primary N) is 2. The second-order valence-corrected chi connectivity index (χ2v) is 8.51. The van der Waals surface area contributed by atoms with Crippen LogP contribution in [0.5, 0.6) is 0 Å². The van der Waals surface area contributed by atoms with Crippen LogP contribution in [0.2, 0.25) is 0 Å². The molecule has 178 valence electrons. The second kappa shape index (κ2) is 11.6. The van der Waals surface area contributed by atoms with Gasteiger partial charge in [-0.3, -0.25) is 5.01 Å². The van der Waals surface area contributed by atoms with Crippen molar-refractivity contribution in [3.05, 3.63) is 77.9 Å². The van der Waals surface area contributed by atoms with Crippen LogP contribution in [0.3, 0.4) is 0 Å². The molecule has 0 fully saturated rings. The first kappa shape index (κ1) is 26.0. The van der Waals surface area contributed by atoms with Crippen LogP contribution in [0.25, 0.3) is 11.4 Å². The van der Waals surface area contributed by atoms with Crippen LogP contribution in [0.15, 0.2) is 70.8 Å². The summed E-state index contributed by atoms with van der Waals surface area (Å²) < 4.78 is 46.3. The maximum Gasteiger partial charge on any atom is 0.240 e. The minimum absolute atomic E-state index is 0.000321. The van der Waals surface area contributed by atoms with Gasteiger partial charge in [-0.15, -0.1) is 0 Å². The molecule has 4 N–H and O–H groups in total. The summed E-state index contributed by atoms with van der Waals surface area (Å²) in [6.07, 6.45) is 1.38. The molecule has 1 heterocycles. The molecule has 0 bridgehead atoms. The normalized spacial score (nSPS) is 11.9. The van der Waals surface area contributed by atoms with E-state index in [1.54, 1.807) is 25.2 Å². The van der Waals surface area contributed by atoms with E-state index in [0.717, 1.165) is 0 Å². The fourth-order valence-electron chi connectivity index (χ4n) is 3.03. The van der Waals surface area contributed by atoms with E-state index in [1.807, 2.05) is 20.8 Å². The van der Waals surface area contributed by atoms with Gasteiger partial charge in [0.1, 0.15) is 18.2 Å². The van der Waals surface area contributed by atoms with Crippen LogP contribution in [0.1, 0.15) is 32.0 Å². The third kappa shape index (κ3) is 5.78. The Morgan fingerprint density at radius 2 is 1.73 bits per heavy atom. The van der Waals surface area contributed by atoms with Crippen molar-refractivity contribution >= 4 is 21.2 Å². The van der Waals surface area contributed by atoms with Crippen LogP contribution in [-0.4, -0.2) is 36.3 Å². The van der Waals surface area contributed by atoms with Crippen LogP contribution < -0.4 is 11.6 Å². The Morgan fingerprint density at radius 3 is 2.30 bits per heavy atom. The lowest BCUT2D eigenvalue weighted by Gasteiger charge is -2.24. The number of ether oxygens (including phenoxy) is 1. The minimum atomic E-state index is -3.87. The molecule has 0 aliphatic rings. The van der Waals surface area contributed by atoms with Crippen LogP contribution >= 0.6 is 0 Å². The first-order chi connectivity index (χ1) is 15.8. The van der Waals surface area contributed by atoms with Crippen molar-refractivity contribution in [1.29, 1.82) is 0 Å². The standard InChI is InChI=1S/C21H24FN5O3S.C2H6/c1-3-30-14-27(24)20(19(23)15-9-11-16(22)12-10-15)18-13-25-21(26(18)2)31(28,29)17-7-5-4-6-8-17;1-2/h4-13H,3,14,23-24H2,1-2H3;1-2H3/b20-19-;. The van der Waals surface area contributed by atoms with E-state index < -0.39 is 15.7 Å². The Hall–Kier alpha value is -3.21. The predicted molar refractivity (Wildman–Crippen MR) is 126 cm³/mol. The molecule has 0 aliphatic carbocycles. The molecular formula is C23H30FN5O3S. The molecular weight excluding hydrogens is 445 g/mol. The highest BCUT2D eigenvalue weighted by Crippen LogP contribution is 2.28. The van der Waals surface area contributed by atoms with Gasteiger partial charge in [-0.2, -0.15) is 0 Å². The summed E-state index contributed by atoms with van der Waals surface area (Å²) in [4.78, 5) is 4.26. The molecule has 33 heavy (non-hydrogen) atoms. The van der Waals surface area contributed by atoms with E-state index in [0.29, 0.717) is 23.6 Å². The summed E-state index contributed by atoms with van der Waals surface area (Å²) in [5, 5.41) is 1.10. The lowest BCUT2D eigenvalue weighted by atomic mass is 10.1. The molecule has 3 aromatic rings. The number of rotatable bonds is 8. The smallest absolute Gasteiger partial charge is 0.240 e. The number of nitrogens with zero attached hydrogens (tertiary/aromatic N) is 3. The predicted octanol–water partition coefficient (Wildman–Crippen LogP) is 3.37. The number of hydrogen-bond acceptors (Lipinski definition) is 7. The number of imidazole rings is 1. The molecule has 0 amide bonds. The number of aromatic nitrogens is 2. The lowest BCUT2D eigenvalue weighted by molar-refractivity contribution is 0.0684. The second-order valence-electron chi connectivity index (χ2n) is 6.66. The Labute approximate surface area is 194 Å².